The van der Waals surface area contributed by atoms with E-state index in [0.717, 1.165) is 42.3 Å². The van der Waals surface area contributed by atoms with E-state index in [0.29, 0.717) is 0 Å². The van der Waals surface area contributed by atoms with Crippen LogP contribution in [-0.4, -0.2) is 15.0 Å². The van der Waals surface area contributed by atoms with Crippen LogP contribution in [0.25, 0.3) is 0 Å². The van der Waals surface area contributed by atoms with Crippen molar-refractivity contribution in [3.05, 3.63) is 34.2 Å². The molecular formula is C13H18N4S. The zero-order chi connectivity index (χ0) is 12.8. The number of hydrogen-bond acceptors (Lipinski definition) is 5. The van der Waals surface area contributed by atoms with Crippen LogP contribution in [0.5, 0.6) is 0 Å². The van der Waals surface area contributed by atoms with E-state index in [2.05, 4.69) is 34.1 Å². The molecule has 0 radical (unpaired) electrons. The molecule has 0 aromatic carbocycles. The summed E-state index contributed by atoms with van der Waals surface area (Å²) < 4.78 is 0. The van der Waals surface area contributed by atoms with Gasteiger partial charge in [0.1, 0.15) is 17.2 Å². The third-order valence-corrected chi connectivity index (χ3v) is 3.74. The molecule has 2 heterocycles. The lowest BCUT2D eigenvalue weighted by atomic mass is 10.2. The fraction of sp³-hybridized carbons (Fsp3) is 0.462. The molecule has 5 heteroatoms. The average molecular weight is 262 g/mol. The first-order chi connectivity index (χ1) is 8.81. The molecule has 0 atom stereocenters. The Bertz CT molecular complexity index is 495. The molecule has 18 heavy (non-hydrogen) atoms. The molecular weight excluding hydrogens is 244 g/mol. The summed E-state index contributed by atoms with van der Waals surface area (Å²) in [6.07, 6.45) is 6.71. The van der Waals surface area contributed by atoms with Gasteiger partial charge in [-0.05, 0) is 12.8 Å². The molecule has 0 aliphatic carbocycles. The number of nitrogens with one attached hydrogen (secondary N) is 1. The topological polar surface area (TPSA) is 50.7 Å². The third kappa shape index (κ3) is 3.50. The van der Waals surface area contributed by atoms with Gasteiger partial charge in [0, 0.05) is 22.8 Å². The second-order valence-electron chi connectivity index (χ2n) is 4.07. The summed E-state index contributed by atoms with van der Waals surface area (Å²) in [5.41, 5.74) is 1.09. The molecule has 0 saturated carbocycles. The summed E-state index contributed by atoms with van der Waals surface area (Å²) in [6.45, 7) is 5.02. The van der Waals surface area contributed by atoms with E-state index in [9.17, 15) is 0 Å². The quantitative estimate of drug-likeness (QED) is 0.869. The molecule has 2 aromatic rings. The fourth-order valence-corrected chi connectivity index (χ4v) is 2.45. The fourth-order valence-electron chi connectivity index (χ4n) is 1.65. The van der Waals surface area contributed by atoms with Gasteiger partial charge in [0.15, 0.2) is 0 Å². The van der Waals surface area contributed by atoms with Gasteiger partial charge in [-0.2, -0.15) is 0 Å². The van der Waals surface area contributed by atoms with Crippen LogP contribution in [0.4, 0.5) is 5.82 Å². The Balaban J connectivity index is 1.94. The van der Waals surface area contributed by atoms with Crippen LogP contribution in [0.2, 0.25) is 0 Å². The van der Waals surface area contributed by atoms with E-state index in [1.54, 1.807) is 17.7 Å². The van der Waals surface area contributed by atoms with Gasteiger partial charge in [0.05, 0.1) is 6.54 Å². The normalized spacial score (nSPS) is 10.6. The minimum atomic E-state index is 0.729. The van der Waals surface area contributed by atoms with Crippen molar-refractivity contribution >= 4 is 17.2 Å². The molecule has 0 fully saturated rings. The van der Waals surface area contributed by atoms with Crippen LogP contribution >= 0.6 is 11.3 Å². The van der Waals surface area contributed by atoms with E-state index in [4.69, 9.17) is 0 Å². The molecule has 1 N–H and O–H groups in total. The molecule has 0 amide bonds. The SMILES string of the molecule is CCCc1cc(NCc2ncc(CC)s2)ncn1. The van der Waals surface area contributed by atoms with Crippen molar-refractivity contribution < 1.29 is 0 Å². The maximum absolute atomic E-state index is 4.37. The lowest BCUT2D eigenvalue weighted by Crippen LogP contribution is -2.02. The highest BCUT2D eigenvalue weighted by atomic mass is 32.1. The summed E-state index contributed by atoms with van der Waals surface area (Å²) >= 11 is 1.75. The van der Waals surface area contributed by atoms with E-state index < -0.39 is 0 Å². The monoisotopic (exact) mass is 262 g/mol. The number of hydrogen-bond donors (Lipinski definition) is 1. The number of nitrogens with zero attached hydrogens (tertiary/aromatic N) is 3. The maximum Gasteiger partial charge on any atom is 0.129 e. The van der Waals surface area contributed by atoms with Gasteiger partial charge in [0.2, 0.25) is 0 Å². The molecule has 2 aromatic heterocycles. The minimum absolute atomic E-state index is 0.729. The Hall–Kier alpha value is -1.49. The lowest BCUT2D eigenvalue weighted by molar-refractivity contribution is 0.871. The van der Waals surface area contributed by atoms with Gasteiger partial charge in [-0.25, -0.2) is 15.0 Å². The average Bonchev–Trinajstić information content (AvgIpc) is 2.85. The highest BCUT2D eigenvalue weighted by Crippen LogP contribution is 2.15. The van der Waals surface area contributed by atoms with Crippen molar-refractivity contribution in [2.75, 3.05) is 5.32 Å². The largest absolute Gasteiger partial charge is 0.363 e. The predicted octanol–water partition coefficient (Wildman–Crippen LogP) is 3.06. The van der Waals surface area contributed by atoms with Crippen molar-refractivity contribution in [2.45, 2.75) is 39.7 Å². The first-order valence-electron chi connectivity index (χ1n) is 6.30. The molecule has 2 rings (SSSR count). The van der Waals surface area contributed by atoms with Crippen molar-refractivity contribution in [3.63, 3.8) is 0 Å². The van der Waals surface area contributed by atoms with Gasteiger partial charge in [-0.1, -0.05) is 20.3 Å². The van der Waals surface area contributed by atoms with Crippen molar-refractivity contribution in [3.8, 4) is 0 Å². The van der Waals surface area contributed by atoms with Gasteiger partial charge in [-0.15, -0.1) is 11.3 Å². The van der Waals surface area contributed by atoms with Crippen LogP contribution < -0.4 is 5.32 Å². The maximum atomic E-state index is 4.37. The third-order valence-electron chi connectivity index (χ3n) is 2.60. The minimum Gasteiger partial charge on any atom is -0.363 e. The standard InChI is InChI=1S/C13H18N4S/c1-3-5-10-6-12(17-9-16-10)14-8-13-15-7-11(4-2)18-13/h6-7,9H,3-5,8H2,1-2H3,(H,14,16,17). The second-order valence-corrected chi connectivity index (χ2v) is 5.27. The van der Waals surface area contributed by atoms with Crippen LogP contribution in [0.1, 0.15) is 35.8 Å². The Kier molecular flexibility index (Phi) is 4.64. The molecule has 96 valence electrons. The summed E-state index contributed by atoms with van der Waals surface area (Å²) in [6, 6.07) is 2.01. The van der Waals surface area contributed by atoms with Gasteiger partial charge < -0.3 is 5.32 Å². The molecule has 0 bridgehead atoms. The number of anilines is 1. The Morgan fingerprint density at radius 3 is 2.83 bits per heavy atom. The highest BCUT2D eigenvalue weighted by molar-refractivity contribution is 7.11. The zero-order valence-electron chi connectivity index (χ0n) is 10.8. The number of rotatable bonds is 6. The highest BCUT2D eigenvalue weighted by Gasteiger charge is 2.02. The van der Waals surface area contributed by atoms with E-state index in [1.807, 2.05) is 12.3 Å². The lowest BCUT2D eigenvalue weighted by Gasteiger charge is -2.04. The van der Waals surface area contributed by atoms with Gasteiger partial charge in [-0.3, -0.25) is 0 Å². The van der Waals surface area contributed by atoms with E-state index in [-0.39, 0.29) is 0 Å². The van der Waals surface area contributed by atoms with E-state index in [1.165, 1.54) is 4.88 Å². The Morgan fingerprint density at radius 1 is 1.22 bits per heavy atom. The van der Waals surface area contributed by atoms with E-state index >= 15 is 0 Å². The zero-order valence-corrected chi connectivity index (χ0v) is 11.6. The van der Waals surface area contributed by atoms with Gasteiger partial charge >= 0.3 is 0 Å². The smallest absolute Gasteiger partial charge is 0.129 e. The molecule has 0 spiro atoms. The number of thiazole rings is 1. The summed E-state index contributed by atoms with van der Waals surface area (Å²) in [4.78, 5) is 14.1. The number of aryl methyl sites for hydroxylation is 2. The second kappa shape index (κ2) is 6.44. The van der Waals surface area contributed by atoms with Crippen LogP contribution in [0.3, 0.4) is 0 Å². The Labute approximate surface area is 112 Å². The first-order valence-corrected chi connectivity index (χ1v) is 7.11. The summed E-state index contributed by atoms with van der Waals surface area (Å²) in [5.74, 6) is 0.877. The molecule has 0 saturated heterocycles. The summed E-state index contributed by atoms with van der Waals surface area (Å²) in [5, 5.41) is 4.39. The van der Waals surface area contributed by atoms with Crippen LogP contribution in [0, 0.1) is 0 Å². The van der Waals surface area contributed by atoms with Crippen LogP contribution in [-0.2, 0) is 19.4 Å². The molecule has 0 aliphatic heterocycles. The number of aromatic nitrogens is 3. The van der Waals surface area contributed by atoms with Crippen molar-refractivity contribution in [1.29, 1.82) is 0 Å². The summed E-state index contributed by atoms with van der Waals surface area (Å²) in [7, 11) is 0. The molecule has 4 nitrogen and oxygen atoms in total. The van der Waals surface area contributed by atoms with Crippen molar-refractivity contribution in [1.82, 2.24) is 15.0 Å². The van der Waals surface area contributed by atoms with Crippen molar-refractivity contribution in [2.24, 2.45) is 0 Å². The Morgan fingerprint density at radius 2 is 2.11 bits per heavy atom. The predicted molar refractivity (Wildman–Crippen MR) is 74.8 cm³/mol. The molecule has 0 aliphatic rings. The van der Waals surface area contributed by atoms with Gasteiger partial charge in [0.25, 0.3) is 0 Å². The van der Waals surface area contributed by atoms with Crippen LogP contribution in [0.15, 0.2) is 18.6 Å². The first kappa shape index (κ1) is 13.0. The molecule has 0 unspecified atom stereocenters.